The number of carboxylic acids is 1. The fourth-order valence-corrected chi connectivity index (χ4v) is 2.64. The van der Waals surface area contributed by atoms with Gasteiger partial charge in [-0.15, -0.1) is 0 Å². The van der Waals surface area contributed by atoms with Gasteiger partial charge in [0.15, 0.2) is 5.03 Å². The van der Waals surface area contributed by atoms with E-state index >= 15 is 0 Å². The van der Waals surface area contributed by atoms with Gasteiger partial charge in [-0.2, -0.15) is 4.72 Å². The van der Waals surface area contributed by atoms with Crippen molar-refractivity contribution in [2.45, 2.75) is 38.4 Å². The van der Waals surface area contributed by atoms with Crippen LogP contribution in [0.5, 0.6) is 0 Å². The molecule has 0 amide bonds. The van der Waals surface area contributed by atoms with Crippen LogP contribution in [0.3, 0.4) is 0 Å². The van der Waals surface area contributed by atoms with Crippen LogP contribution in [0.4, 0.5) is 0 Å². The molecule has 0 saturated heterocycles. The Morgan fingerprint density at radius 3 is 2.56 bits per heavy atom. The van der Waals surface area contributed by atoms with E-state index in [9.17, 15) is 13.2 Å². The van der Waals surface area contributed by atoms with Crippen molar-refractivity contribution in [3.8, 4) is 0 Å². The van der Waals surface area contributed by atoms with Gasteiger partial charge in [-0.05, 0) is 12.8 Å². The van der Waals surface area contributed by atoms with Crippen molar-refractivity contribution in [1.29, 1.82) is 0 Å². The maximum Gasteiger partial charge on any atom is 0.322 e. The Morgan fingerprint density at radius 1 is 1.56 bits per heavy atom. The number of hydrogen-bond acceptors (Lipinski definition) is 4. The molecule has 1 heterocycles. The second kappa shape index (κ2) is 5.49. The van der Waals surface area contributed by atoms with Crippen LogP contribution >= 0.6 is 0 Å². The van der Waals surface area contributed by atoms with E-state index in [0.717, 1.165) is 0 Å². The highest BCUT2D eigenvalue weighted by Crippen LogP contribution is 2.10. The monoisotopic (exact) mass is 275 g/mol. The van der Waals surface area contributed by atoms with Crippen molar-refractivity contribution >= 4 is 16.0 Å². The van der Waals surface area contributed by atoms with Gasteiger partial charge in [0.05, 0.1) is 6.33 Å². The molecule has 7 nitrogen and oxygen atoms in total. The first kappa shape index (κ1) is 14.7. The van der Waals surface area contributed by atoms with Crippen LogP contribution in [0.2, 0.25) is 0 Å². The number of sulfonamides is 1. The minimum absolute atomic E-state index is 0.170. The highest BCUT2D eigenvalue weighted by atomic mass is 32.2. The van der Waals surface area contributed by atoms with Crippen LogP contribution in [-0.2, 0) is 21.4 Å². The molecule has 0 aromatic carbocycles. The molecule has 0 saturated carbocycles. The quantitative estimate of drug-likeness (QED) is 0.777. The molecular weight excluding hydrogens is 258 g/mol. The summed E-state index contributed by atoms with van der Waals surface area (Å²) in [6.45, 7) is 5.70. The molecule has 0 fully saturated rings. The zero-order chi connectivity index (χ0) is 13.9. The summed E-state index contributed by atoms with van der Waals surface area (Å²) in [6.07, 6.45) is 2.75. The summed E-state index contributed by atoms with van der Waals surface area (Å²) in [5.41, 5.74) is 0. The van der Waals surface area contributed by atoms with E-state index in [1.165, 1.54) is 12.5 Å². The van der Waals surface area contributed by atoms with Gasteiger partial charge in [0.25, 0.3) is 10.0 Å². The largest absolute Gasteiger partial charge is 0.480 e. The Kier molecular flexibility index (Phi) is 4.47. The Labute approximate surface area is 106 Å². The molecule has 1 aromatic heterocycles. The van der Waals surface area contributed by atoms with Crippen molar-refractivity contribution < 1.29 is 18.3 Å². The van der Waals surface area contributed by atoms with Gasteiger partial charge < -0.3 is 9.67 Å². The highest BCUT2D eigenvalue weighted by molar-refractivity contribution is 7.89. The van der Waals surface area contributed by atoms with Gasteiger partial charge in [0.1, 0.15) is 6.04 Å². The molecule has 1 atom stereocenters. The van der Waals surface area contributed by atoms with Crippen molar-refractivity contribution in [2.75, 3.05) is 0 Å². The molecule has 0 radical (unpaired) electrons. The molecule has 18 heavy (non-hydrogen) atoms. The minimum Gasteiger partial charge on any atom is -0.480 e. The molecule has 102 valence electrons. The predicted octanol–water partition coefficient (Wildman–Crippen LogP) is 0.290. The molecular formula is C10H17N3O4S. The lowest BCUT2D eigenvalue weighted by Crippen LogP contribution is -2.44. The second-order valence-corrected chi connectivity index (χ2v) is 5.88. The fraction of sp³-hybridized carbons (Fsp3) is 0.600. The molecule has 0 aliphatic carbocycles. The number of nitrogens with zero attached hydrogens (tertiary/aromatic N) is 2. The average molecular weight is 275 g/mol. The SMILES string of the molecule is CCn1cnc(S(=O)(=O)NC(C(=O)O)C(C)C)c1. The van der Waals surface area contributed by atoms with Crippen LogP contribution in [0.15, 0.2) is 17.6 Å². The number of aryl methyl sites for hydroxylation is 1. The van der Waals surface area contributed by atoms with Gasteiger partial charge >= 0.3 is 5.97 Å². The fourth-order valence-electron chi connectivity index (χ4n) is 1.35. The molecule has 2 N–H and O–H groups in total. The number of aromatic nitrogens is 2. The average Bonchev–Trinajstić information content (AvgIpc) is 2.74. The van der Waals surface area contributed by atoms with Crippen LogP contribution < -0.4 is 4.72 Å². The Bertz CT molecular complexity index is 521. The second-order valence-electron chi connectivity index (χ2n) is 4.22. The summed E-state index contributed by atoms with van der Waals surface area (Å²) in [6, 6.07) is -1.17. The minimum atomic E-state index is -3.90. The first-order valence-corrected chi connectivity index (χ1v) is 7.03. The molecule has 0 spiro atoms. The van der Waals surface area contributed by atoms with E-state index in [1.54, 1.807) is 18.4 Å². The van der Waals surface area contributed by atoms with Crippen molar-refractivity contribution in [3.05, 3.63) is 12.5 Å². The summed E-state index contributed by atoms with van der Waals surface area (Å²) in [5.74, 6) is -1.56. The van der Waals surface area contributed by atoms with Crippen molar-refractivity contribution in [2.24, 2.45) is 5.92 Å². The van der Waals surface area contributed by atoms with Gasteiger partial charge in [-0.1, -0.05) is 13.8 Å². The third kappa shape index (κ3) is 3.30. The van der Waals surface area contributed by atoms with E-state index in [-0.39, 0.29) is 10.9 Å². The maximum atomic E-state index is 11.9. The molecule has 1 aromatic rings. The first-order chi connectivity index (χ1) is 8.27. The van der Waals surface area contributed by atoms with Gasteiger partial charge in [-0.3, -0.25) is 4.79 Å². The van der Waals surface area contributed by atoms with E-state index in [0.29, 0.717) is 6.54 Å². The van der Waals surface area contributed by atoms with Crippen molar-refractivity contribution in [3.63, 3.8) is 0 Å². The number of carbonyl (C=O) groups is 1. The molecule has 1 rings (SSSR count). The summed E-state index contributed by atoms with van der Waals surface area (Å²) in [5, 5.41) is 8.78. The number of nitrogens with one attached hydrogen (secondary N) is 1. The standard InChI is InChI=1S/C10H17N3O4S/c1-4-13-5-8(11-6-13)18(16,17)12-9(7(2)3)10(14)15/h5-7,9,12H,4H2,1-3H3,(H,14,15). The third-order valence-corrected chi connectivity index (χ3v) is 3.79. The summed E-state index contributed by atoms with van der Waals surface area (Å²) < 4.78 is 27.6. The Morgan fingerprint density at radius 2 is 2.17 bits per heavy atom. The van der Waals surface area contributed by atoms with Crippen LogP contribution in [0, 0.1) is 5.92 Å². The molecule has 1 unspecified atom stereocenters. The Balaban J connectivity index is 2.96. The molecule has 0 aliphatic heterocycles. The van der Waals surface area contributed by atoms with E-state index in [1.807, 2.05) is 6.92 Å². The van der Waals surface area contributed by atoms with Gasteiger partial charge in [0, 0.05) is 12.7 Å². The molecule has 0 aliphatic rings. The van der Waals surface area contributed by atoms with E-state index in [4.69, 9.17) is 5.11 Å². The number of imidazole rings is 1. The van der Waals surface area contributed by atoms with Crippen LogP contribution in [0.1, 0.15) is 20.8 Å². The summed E-state index contributed by atoms with van der Waals surface area (Å²) in [4.78, 5) is 14.7. The summed E-state index contributed by atoms with van der Waals surface area (Å²) in [7, 11) is -3.90. The lowest BCUT2D eigenvalue weighted by atomic mass is 10.1. The smallest absolute Gasteiger partial charge is 0.322 e. The first-order valence-electron chi connectivity index (χ1n) is 5.54. The summed E-state index contributed by atoms with van der Waals surface area (Å²) >= 11 is 0. The lowest BCUT2D eigenvalue weighted by molar-refractivity contribution is -0.140. The van der Waals surface area contributed by atoms with Crippen LogP contribution in [-0.4, -0.2) is 35.1 Å². The third-order valence-electron chi connectivity index (χ3n) is 2.46. The normalized spacial score (nSPS) is 13.8. The van der Waals surface area contributed by atoms with E-state index < -0.39 is 22.0 Å². The molecule has 8 heteroatoms. The lowest BCUT2D eigenvalue weighted by Gasteiger charge is -2.16. The maximum absolute atomic E-state index is 11.9. The highest BCUT2D eigenvalue weighted by Gasteiger charge is 2.29. The van der Waals surface area contributed by atoms with Gasteiger partial charge in [0.2, 0.25) is 0 Å². The number of rotatable bonds is 6. The zero-order valence-corrected chi connectivity index (χ0v) is 11.3. The van der Waals surface area contributed by atoms with Gasteiger partial charge in [-0.25, -0.2) is 13.4 Å². The molecule has 0 bridgehead atoms. The number of aliphatic carboxylic acids is 1. The van der Waals surface area contributed by atoms with Crippen molar-refractivity contribution in [1.82, 2.24) is 14.3 Å². The van der Waals surface area contributed by atoms with E-state index in [2.05, 4.69) is 9.71 Å². The topological polar surface area (TPSA) is 101 Å². The zero-order valence-electron chi connectivity index (χ0n) is 10.5. The number of hydrogen-bond donors (Lipinski definition) is 2. The predicted molar refractivity (Wildman–Crippen MR) is 64.5 cm³/mol. The van der Waals surface area contributed by atoms with Crippen LogP contribution in [0.25, 0.3) is 0 Å². The Hall–Kier alpha value is -1.41. The number of carboxylic acid groups (broad SMARTS) is 1.